The first-order valence-electron chi connectivity index (χ1n) is 15.5. The lowest BCUT2D eigenvalue weighted by atomic mass is 9.80. The van der Waals surface area contributed by atoms with E-state index in [1.165, 1.54) is 19.2 Å². The summed E-state index contributed by atoms with van der Waals surface area (Å²) in [6.45, 7) is 4.65. The number of unbranched alkanes of at least 4 members (excludes halogenated alkanes) is 1. The summed E-state index contributed by atoms with van der Waals surface area (Å²) >= 11 is 0. The fourth-order valence-electron chi connectivity index (χ4n) is 6.79. The molecule has 2 heterocycles. The minimum atomic E-state index is -1.04. The molecular formula is C33H43N3O7. The minimum absolute atomic E-state index is 0.0643. The molecule has 2 saturated heterocycles. The Morgan fingerprint density at radius 2 is 1.77 bits per heavy atom. The summed E-state index contributed by atoms with van der Waals surface area (Å²) in [5, 5.41) is 23.2. The number of amides is 2. The van der Waals surface area contributed by atoms with Crippen molar-refractivity contribution >= 4 is 17.8 Å². The maximum Gasteiger partial charge on any atom is 0.335 e. The van der Waals surface area contributed by atoms with Gasteiger partial charge in [0.05, 0.1) is 18.8 Å². The summed E-state index contributed by atoms with van der Waals surface area (Å²) in [6, 6.07) is 11.3. The van der Waals surface area contributed by atoms with E-state index in [-0.39, 0.29) is 23.3 Å². The molecule has 2 atom stereocenters. The van der Waals surface area contributed by atoms with Gasteiger partial charge in [-0.2, -0.15) is 0 Å². The maximum absolute atomic E-state index is 13.8. The van der Waals surface area contributed by atoms with E-state index in [0.29, 0.717) is 56.3 Å². The first-order chi connectivity index (χ1) is 20.8. The van der Waals surface area contributed by atoms with Crippen LogP contribution in [0.3, 0.4) is 0 Å². The summed E-state index contributed by atoms with van der Waals surface area (Å²) < 4.78 is 11.3. The Bertz CT molecular complexity index is 1300. The van der Waals surface area contributed by atoms with E-state index >= 15 is 0 Å². The van der Waals surface area contributed by atoms with E-state index in [9.17, 15) is 24.6 Å². The molecule has 0 bridgehead atoms. The van der Waals surface area contributed by atoms with Gasteiger partial charge in [-0.15, -0.1) is 0 Å². The van der Waals surface area contributed by atoms with Crippen LogP contribution in [0.15, 0.2) is 42.5 Å². The number of piperidine rings is 1. The van der Waals surface area contributed by atoms with Gasteiger partial charge in [0.15, 0.2) is 11.5 Å². The largest absolute Gasteiger partial charge is 0.493 e. The summed E-state index contributed by atoms with van der Waals surface area (Å²) in [5.74, 6) is 0.125. The molecule has 0 radical (unpaired) electrons. The standard InChI is InChI=1S/C33H43N3O7/c1-3-4-17-36-30(38)28(29(37)23-7-5-6-8-23)34-32(41)33(36)15-18-35(19-16-33)21-22-9-12-25(13-10-22)43-26-14-11-24(31(39)40)20-27(26)42-2/h9-14,20,23,28-29,37H,3-8,15-19,21H2,1-2H3,(H,34,41)(H,39,40)/t28-,29-/m1/s1. The van der Waals surface area contributed by atoms with Gasteiger partial charge in [-0.25, -0.2) is 4.79 Å². The molecule has 10 heteroatoms. The van der Waals surface area contributed by atoms with Crippen LogP contribution in [0.4, 0.5) is 0 Å². The lowest BCUT2D eigenvalue weighted by Gasteiger charge is -2.52. The van der Waals surface area contributed by atoms with Crippen molar-refractivity contribution in [3.63, 3.8) is 0 Å². The molecule has 3 aliphatic rings. The quantitative estimate of drug-likeness (QED) is 0.354. The number of carboxylic acids is 1. The zero-order chi connectivity index (χ0) is 30.6. The van der Waals surface area contributed by atoms with Crippen LogP contribution in [-0.4, -0.2) is 82.2 Å². The number of aliphatic hydroxyl groups is 1. The van der Waals surface area contributed by atoms with Crippen molar-refractivity contribution in [3.8, 4) is 17.2 Å². The zero-order valence-corrected chi connectivity index (χ0v) is 25.1. The van der Waals surface area contributed by atoms with Crippen molar-refractivity contribution in [2.24, 2.45) is 5.92 Å². The number of carboxylic acid groups (broad SMARTS) is 1. The maximum atomic E-state index is 13.8. The minimum Gasteiger partial charge on any atom is -0.493 e. The molecule has 2 aromatic rings. The van der Waals surface area contributed by atoms with Crippen molar-refractivity contribution in [3.05, 3.63) is 53.6 Å². The SMILES string of the molecule is CCCCN1C(=O)[C@@H]([C@H](O)C2CCCC2)NC(=O)C12CCN(Cc1ccc(Oc3ccc(C(=O)O)cc3OC)cc1)CC2. The molecule has 1 saturated carbocycles. The molecule has 1 aliphatic carbocycles. The van der Waals surface area contributed by atoms with Crippen molar-refractivity contribution < 1.29 is 34.1 Å². The number of rotatable bonds is 11. The van der Waals surface area contributed by atoms with E-state index in [0.717, 1.165) is 44.1 Å². The highest BCUT2D eigenvalue weighted by atomic mass is 16.5. The number of nitrogens with one attached hydrogen (secondary N) is 1. The number of carbonyl (C=O) groups excluding carboxylic acids is 2. The van der Waals surface area contributed by atoms with Gasteiger partial charge in [0.2, 0.25) is 11.8 Å². The number of benzene rings is 2. The average molecular weight is 594 g/mol. The van der Waals surface area contributed by atoms with E-state index < -0.39 is 23.7 Å². The van der Waals surface area contributed by atoms with Gasteiger partial charge in [0.1, 0.15) is 17.3 Å². The van der Waals surface area contributed by atoms with Crippen LogP contribution in [0, 0.1) is 5.92 Å². The second-order valence-corrected chi connectivity index (χ2v) is 12.1. The van der Waals surface area contributed by atoms with Gasteiger partial charge in [-0.3, -0.25) is 14.5 Å². The molecule has 3 N–H and O–H groups in total. The Morgan fingerprint density at radius 1 is 1.07 bits per heavy atom. The second-order valence-electron chi connectivity index (χ2n) is 12.1. The molecule has 5 rings (SSSR count). The summed E-state index contributed by atoms with van der Waals surface area (Å²) in [5.41, 5.74) is 0.331. The van der Waals surface area contributed by atoms with E-state index in [1.807, 2.05) is 24.3 Å². The Labute approximate surface area is 253 Å². The molecule has 43 heavy (non-hydrogen) atoms. The first-order valence-corrected chi connectivity index (χ1v) is 15.5. The number of aromatic carboxylic acids is 1. The number of piperazine rings is 1. The summed E-state index contributed by atoms with van der Waals surface area (Å²) in [7, 11) is 1.47. The van der Waals surface area contributed by atoms with Gasteiger partial charge in [-0.05, 0) is 73.9 Å². The van der Waals surface area contributed by atoms with Gasteiger partial charge < -0.3 is 29.9 Å². The van der Waals surface area contributed by atoms with Gasteiger partial charge >= 0.3 is 5.97 Å². The molecule has 0 aromatic heterocycles. The third kappa shape index (κ3) is 6.50. The van der Waals surface area contributed by atoms with E-state index in [4.69, 9.17) is 9.47 Å². The second kappa shape index (κ2) is 13.3. The Morgan fingerprint density at radius 3 is 2.40 bits per heavy atom. The number of carbonyl (C=O) groups is 3. The molecule has 232 valence electrons. The van der Waals surface area contributed by atoms with Crippen LogP contribution < -0.4 is 14.8 Å². The fourth-order valence-corrected chi connectivity index (χ4v) is 6.79. The van der Waals surface area contributed by atoms with Crippen molar-refractivity contribution in [2.75, 3.05) is 26.7 Å². The summed E-state index contributed by atoms with van der Waals surface area (Å²) in [6.07, 6.45) is 5.92. The number of nitrogens with zero attached hydrogens (tertiary/aromatic N) is 2. The monoisotopic (exact) mass is 593 g/mol. The lowest BCUT2D eigenvalue weighted by molar-refractivity contribution is -0.165. The first kappa shape index (κ1) is 30.8. The molecule has 2 amide bonds. The third-order valence-electron chi connectivity index (χ3n) is 9.37. The molecule has 2 aliphatic heterocycles. The number of ether oxygens (including phenoxy) is 2. The molecule has 3 fully saturated rings. The van der Waals surface area contributed by atoms with Crippen LogP contribution in [0.2, 0.25) is 0 Å². The predicted molar refractivity (Wildman–Crippen MR) is 160 cm³/mol. The number of hydrogen-bond acceptors (Lipinski definition) is 7. The van der Waals surface area contributed by atoms with Crippen LogP contribution >= 0.6 is 0 Å². The highest BCUT2D eigenvalue weighted by molar-refractivity contribution is 6.00. The third-order valence-corrected chi connectivity index (χ3v) is 9.37. The predicted octanol–water partition coefficient (Wildman–Crippen LogP) is 4.20. The smallest absolute Gasteiger partial charge is 0.335 e. The zero-order valence-electron chi connectivity index (χ0n) is 25.1. The van der Waals surface area contributed by atoms with E-state index in [2.05, 4.69) is 17.1 Å². The van der Waals surface area contributed by atoms with Crippen molar-refractivity contribution in [1.82, 2.24) is 15.1 Å². The number of hydrogen-bond donors (Lipinski definition) is 3. The molecule has 1 spiro atoms. The Kier molecular flexibility index (Phi) is 9.56. The molecule has 10 nitrogen and oxygen atoms in total. The van der Waals surface area contributed by atoms with Crippen LogP contribution in [0.1, 0.15) is 74.2 Å². The van der Waals surface area contributed by atoms with Gasteiger partial charge in [0.25, 0.3) is 0 Å². The molecule has 0 unspecified atom stereocenters. The number of methoxy groups -OCH3 is 1. The molecule has 2 aromatic carbocycles. The fraction of sp³-hybridized carbons (Fsp3) is 0.545. The normalized spacial score (nSPS) is 21.6. The average Bonchev–Trinajstić information content (AvgIpc) is 3.56. The highest BCUT2D eigenvalue weighted by Crippen LogP contribution is 2.37. The Balaban J connectivity index is 1.21. The van der Waals surface area contributed by atoms with Crippen LogP contribution in [0.5, 0.6) is 17.2 Å². The summed E-state index contributed by atoms with van der Waals surface area (Å²) in [4.78, 5) is 42.8. The Hall–Kier alpha value is -3.63. The number of likely N-dealkylation sites (tertiary alicyclic amines) is 1. The van der Waals surface area contributed by atoms with E-state index in [1.54, 1.807) is 11.0 Å². The van der Waals surface area contributed by atoms with Crippen molar-refractivity contribution in [1.29, 1.82) is 0 Å². The van der Waals surface area contributed by atoms with Crippen LogP contribution in [0.25, 0.3) is 0 Å². The van der Waals surface area contributed by atoms with Gasteiger partial charge in [0, 0.05) is 26.2 Å². The molecular weight excluding hydrogens is 550 g/mol. The van der Waals surface area contributed by atoms with Crippen LogP contribution in [-0.2, 0) is 16.1 Å². The van der Waals surface area contributed by atoms with Gasteiger partial charge in [-0.1, -0.05) is 38.3 Å². The topological polar surface area (TPSA) is 129 Å². The number of aliphatic hydroxyl groups excluding tert-OH is 1. The lowest BCUT2D eigenvalue weighted by Crippen LogP contribution is -2.75. The highest BCUT2D eigenvalue weighted by Gasteiger charge is 2.55. The van der Waals surface area contributed by atoms with Crippen molar-refractivity contribution in [2.45, 2.75) is 82.5 Å².